The zero-order valence-corrected chi connectivity index (χ0v) is 13.7. The molecule has 0 saturated heterocycles. The summed E-state index contributed by atoms with van der Waals surface area (Å²) in [6.45, 7) is 1.75. The quantitative estimate of drug-likeness (QED) is 0.699. The van der Waals surface area contributed by atoms with E-state index in [-0.39, 0.29) is 30.6 Å². The Labute approximate surface area is 143 Å². The number of para-hydroxylation sites is 1. The van der Waals surface area contributed by atoms with E-state index < -0.39 is 5.82 Å². The van der Waals surface area contributed by atoms with Gasteiger partial charge in [0.15, 0.2) is 11.4 Å². The van der Waals surface area contributed by atoms with Gasteiger partial charge in [-0.05, 0) is 43.3 Å². The minimum atomic E-state index is -0.391. The van der Waals surface area contributed by atoms with Crippen LogP contribution in [0, 0.1) is 5.82 Å². The summed E-state index contributed by atoms with van der Waals surface area (Å²) in [6, 6.07) is 12.3. The summed E-state index contributed by atoms with van der Waals surface area (Å²) in [5.74, 6) is -0.782. The van der Waals surface area contributed by atoms with Crippen LogP contribution in [0.3, 0.4) is 0 Å². The molecule has 0 aliphatic carbocycles. The Kier molecular flexibility index (Phi) is 4.88. The van der Waals surface area contributed by atoms with E-state index in [1.54, 1.807) is 13.0 Å². The first-order valence-electron chi connectivity index (χ1n) is 7.94. The molecule has 1 N–H and O–H groups in total. The number of Topliss-reactive ketones (excluding diaryl/α,β-unsaturated/α-hetero) is 1. The SMILES string of the molecule is CC(CC(=O)c1ccc(F)cc1)NC(=O)Cc1noc2ccccc12. The molecule has 2 aromatic carbocycles. The highest BCUT2D eigenvalue weighted by atomic mass is 19.1. The first kappa shape index (κ1) is 16.8. The summed E-state index contributed by atoms with van der Waals surface area (Å²) >= 11 is 0. The number of halogens is 1. The Morgan fingerprint density at radius 2 is 1.88 bits per heavy atom. The van der Waals surface area contributed by atoms with Gasteiger partial charge in [0.2, 0.25) is 5.91 Å². The van der Waals surface area contributed by atoms with Crippen LogP contribution in [0.25, 0.3) is 11.0 Å². The molecule has 0 spiro atoms. The summed E-state index contributed by atoms with van der Waals surface area (Å²) in [6.07, 6.45) is 0.211. The number of nitrogens with one attached hydrogen (secondary N) is 1. The van der Waals surface area contributed by atoms with Gasteiger partial charge in [-0.25, -0.2) is 4.39 Å². The number of nitrogens with zero attached hydrogens (tertiary/aromatic N) is 1. The molecule has 0 saturated carbocycles. The van der Waals surface area contributed by atoms with Crippen molar-refractivity contribution in [3.05, 3.63) is 65.6 Å². The van der Waals surface area contributed by atoms with Crippen LogP contribution in [0.1, 0.15) is 29.4 Å². The van der Waals surface area contributed by atoms with Crippen LogP contribution in [0.15, 0.2) is 53.1 Å². The third-order valence-corrected chi connectivity index (χ3v) is 3.85. The standard InChI is InChI=1S/C19H17FN2O3/c1-12(10-17(23)13-6-8-14(20)9-7-13)21-19(24)11-16-15-4-2-3-5-18(15)25-22-16/h2-9,12H,10-11H2,1H3,(H,21,24). The van der Waals surface area contributed by atoms with Crippen molar-refractivity contribution in [3.8, 4) is 0 Å². The fourth-order valence-electron chi connectivity index (χ4n) is 2.63. The van der Waals surface area contributed by atoms with Crippen molar-refractivity contribution in [2.24, 2.45) is 0 Å². The molecular formula is C19H17FN2O3. The van der Waals surface area contributed by atoms with Gasteiger partial charge in [-0.1, -0.05) is 17.3 Å². The molecule has 0 aliphatic rings. The highest BCUT2D eigenvalue weighted by Gasteiger charge is 2.16. The molecule has 1 aromatic heterocycles. The van der Waals surface area contributed by atoms with Crippen LogP contribution in [-0.2, 0) is 11.2 Å². The molecule has 5 nitrogen and oxygen atoms in total. The van der Waals surface area contributed by atoms with Crippen LogP contribution >= 0.6 is 0 Å². The lowest BCUT2D eigenvalue weighted by Crippen LogP contribution is -2.35. The van der Waals surface area contributed by atoms with Gasteiger partial charge in [0.05, 0.1) is 6.42 Å². The molecule has 25 heavy (non-hydrogen) atoms. The predicted molar refractivity (Wildman–Crippen MR) is 90.7 cm³/mol. The molecule has 1 amide bonds. The van der Waals surface area contributed by atoms with E-state index in [1.165, 1.54) is 24.3 Å². The highest BCUT2D eigenvalue weighted by Crippen LogP contribution is 2.18. The molecule has 128 valence electrons. The lowest BCUT2D eigenvalue weighted by Gasteiger charge is -2.12. The number of carbonyl (C=O) groups is 2. The summed E-state index contributed by atoms with van der Waals surface area (Å²) in [5.41, 5.74) is 1.61. The molecule has 3 aromatic rings. The van der Waals surface area contributed by atoms with E-state index in [0.29, 0.717) is 16.8 Å². The fourth-order valence-corrected chi connectivity index (χ4v) is 2.63. The molecule has 0 aliphatic heterocycles. The molecule has 1 atom stereocenters. The van der Waals surface area contributed by atoms with Crippen molar-refractivity contribution < 1.29 is 18.5 Å². The van der Waals surface area contributed by atoms with Crippen molar-refractivity contribution in [1.82, 2.24) is 10.5 Å². The predicted octanol–water partition coefficient (Wildman–Crippen LogP) is 3.29. The lowest BCUT2D eigenvalue weighted by atomic mass is 10.0. The van der Waals surface area contributed by atoms with Crippen LogP contribution in [-0.4, -0.2) is 22.9 Å². The van der Waals surface area contributed by atoms with Crippen molar-refractivity contribution in [1.29, 1.82) is 0 Å². The third-order valence-electron chi connectivity index (χ3n) is 3.85. The number of hydrogen-bond acceptors (Lipinski definition) is 4. The van der Waals surface area contributed by atoms with E-state index in [0.717, 1.165) is 5.39 Å². The number of benzene rings is 2. The Balaban J connectivity index is 1.57. The minimum Gasteiger partial charge on any atom is -0.356 e. The van der Waals surface area contributed by atoms with Crippen LogP contribution in [0.5, 0.6) is 0 Å². The second-order valence-electron chi connectivity index (χ2n) is 5.90. The first-order chi connectivity index (χ1) is 12.0. The summed E-state index contributed by atoms with van der Waals surface area (Å²) in [7, 11) is 0. The molecular weight excluding hydrogens is 323 g/mol. The van der Waals surface area contributed by atoms with Gasteiger partial charge in [0.1, 0.15) is 11.5 Å². The number of aromatic nitrogens is 1. The van der Waals surface area contributed by atoms with Gasteiger partial charge in [-0.3, -0.25) is 9.59 Å². The maximum atomic E-state index is 12.9. The Bertz CT molecular complexity index is 902. The third kappa shape index (κ3) is 4.09. The van der Waals surface area contributed by atoms with Crippen molar-refractivity contribution >= 4 is 22.7 Å². The van der Waals surface area contributed by atoms with E-state index in [2.05, 4.69) is 10.5 Å². The van der Waals surface area contributed by atoms with Crippen LogP contribution < -0.4 is 5.32 Å². The molecule has 0 fully saturated rings. The smallest absolute Gasteiger partial charge is 0.226 e. The fraction of sp³-hybridized carbons (Fsp3) is 0.211. The minimum absolute atomic E-state index is 0.0755. The Morgan fingerprint density at radius 1 is 1.16 bits per heavy atom. The number of rotatable bonds is 6. The zero-order chi connectivity index (χ0) is 17.8. The van der Waals surface area contributed by atoms with Gasteiger partial charge in [-0.2, -0.15) is 0 Å². The van der Waals surface area contributed by atoms with E-state index in [4.69, 9.17) is 4.52 Å². The van der Waals surface area contributed by atoms with Gasteiger partial charge < -0.3 is 9.84 Å². The number of ketones is 1. The molecule has 3 rings (SSSR count). The molecule has 1 unspecified atom stereocenters. The highest BCUT2D eigenvalue weighted by molar-refractivity contribution is 5.96. The number of fused-ring (bicyclic) bond motifs is 1. The number of carbonyl (C=O) groups excluding carboxylic acids is 2. The normalized spacial score (nSPS) is 12.1. The van der Waals surface area contributed by atoms with Crippen LogP contribution in [0.2, 0.25) is 0 Å². The van der Waals surface area contributed by atoms with Gasteiger partial charge in [0.25, 0.3) is 0 Å². The Hall–Kier alpha value is -3.02. The molecule has 0 radical (unpaired) electrons. The number of amides is 1. The lowest BCUT2D eigenvalue weighted by molar-refractivity contribution is -0.121. The Morgan fingerprint density at radius 3 is 2.64 bits per heavy atom. The van der Waals surface area contributed by atoms with Crippen LogP contribution in [0.4, 0.5) is 4.39 Å². The topological polar surface area (TPSA) is 72.2 Å². The van der Waals surface area contributed by atoms with E-state index in [9.17, 15) is 14.0 Å². The summed E-state index contributed by atoms with van der Waals surface area (Å²) < 4.78 is 18.1. The van der Waals surface area contributed by atoms with Crippen molar-refractivity contribution in [2.75, 3.05) is 0 Å². The van der Waals surface area contributed by atoms with Gasteiger partial charge in [-0.15, -0.1) is 0 Å². The summed E-state index contributed by atoms with van der Waals surface area (Å²) in [4.78, 5) is 24.3. The molecule has 1 heterocycles. The largest absolute Gasteiger partial charge is 0.356 e. The molecule has 0 bridgehead atoms. The molecule has 6 heteroatoms. The maximum Gasteiger partial charge on any atom is 0.226 e. The maximum absolute atomic E-state index is 12.9. The van der Waals surface area contributed by atoms with Gasteiger partial charge in [0, 0.05) is 23.4 Å². The summed E-state index contributed by atoms with van der Waals surface area (Å²) in [5, 5.41) is 7.50. The van der Waals surface area contributed by atoms with Gasteiger partial charge >= 0.3 is 0 Å². The number of hydrogen-bond donors (Lipinski definition) is 1. The zero-order valence-electron chi connectivity index (χ0n) is 13.7. The van der Waals surface area contributed by atoms with E-state index >= 15 is 0 Å². The van der Waals surface area contributed by atoms with Crippen molar-refractivity contribution in [2.45, 2.75) is 25.8 Å². The second-order valence-corrected chi connectivity index (χ2v) is 5.90. The monoisotopic (exact) mass is 340 g/mol. The average molecular weight is 340 g/mol. The van der Waals surface area contributed by atoms with Crippen molar-refractivity contribution in [3.63, 3.8) is 0 Å². The first-order valence-corrected chi connectivity index (χ1v) is 7.94. The second kappa shape index (κ2) is 7.25. The van der Waals surface area contributed by atoms with E-state index in [1.807, 2.05) is 18.2 Å². The average Bonchev–Trinajstić information content (AvgIpc) is 2.98.